The van der Waals surface area contributed by atoms with E-state index in [1.807, 2.05) is 0 Å². The number of rotatable bonds is 6. The van der Waals surface area contributed by atoms with Gasteiger partial charge in [-0.15, -0.1) is 0 Å². The van der Waals surface area contributed by atoms with Crippen molar-refractivity contribution < 1.29 is 23.6 Å². The van der Waals surface area contributed by atoms with E-state index < -0.39 is 11.9 Å². The van der Waals surface area contributed by atoms with Crippen molar-refractivity contribution in [3.05, 3.63) is 48.4 Å². The third kappa shape index (κ3) is 3.91. The van der Waals surface area contributed by atoms with Gasteiger partial charge >= 0.3 is 0 Å². The van der Waals surface area contributed by atoms with Crippen molar-refractivity contribution in [1.82, 2.24) is 4.90 Å². The molecule has 1 unspecified atom stereocenters. The molecule has 29 heavy (non-hydrogen) atoms. The van der Waals surface area contributed by atoms with E-state index in [0.29, 0.717) is 17.1 Å². The minimum absolute atomic E-state index is 0.0640. The van der Waals surface area contributed by atoms with Crippen molar-refractivity contribution in [2.45, 2.75) is 38.8 Å². The standard InChI is InChI=1S/C21H21N3O5/c1-13(25)22-15-6-8-16(9-7-15)24-19(26)11-18(21(24)28)23(20(27)14-4-5-14)12-17-3-2-10-29-17/h2-3,6-10,14,18H,4-5,11-12H2,1H3,(H,22,25). The van der Waals surface area contributed by atoms with Crippen molar-refractivity contribution in [3.63, 3.8) is 0 Å². The Balaban J connectivity index is 1.56. The second-order valence-electron chi connectivity index (χ2n) is 7.34. The maximum atomic E-state index is 13.1. The third-order valence-electron chi connectivity index (χ3n) is 5.06. The molecule has 0 bridgehead atoms. The number of furan rings is 1. The fraction of sp³-hybridized carbons (Fsp3) is 0.333. The summed E-state index contributed by atoms with van der Waals surface area (Å²) >= 11 is 0. The number of nitrogens with one attached hydrogen (secondary N) is 1. The van der Waals surface area contributed by atoms with Crippen LogP contribution in [0.4, 0.5) is 11.4 Å². The summed E-state index contributed by atoms with van der Waals surface area (Å²) in [5.41, 5.74) is 0.980. The molecule has 1 N–H and O–H groups in total. The molecular formula is C21H21N3O5. The van der Waals surface area contributed by atoms with Crippen LogP contribution < -0.4 is 10.2 Å². The van der Waals surface area contributed by atoms with Crippen LogP contribution >= 0.6 is 0 Å². The Morgan fingerprint density at radius 3 is 2.48 bits per heavy atom. The van der Waals surface area contributed by atoms with E-state index in [1.165, 1.54) is 18.1 Å². The zero-order valence-electron chi connectivity index (χ0n) is 16.0. The minimum Gasteiger partial charge on any atom is -0.467 e. The van der Waals surface area contributed by atoms with Gasteiger partial charge in [0.1, 0.15) is 11.8 Å². The van der Waals surface area contributed by atoms with Crippen LogP contribution in [0, 0.1) is 5.92 Å². The number of carbonyl (C=O) groups excluding carboxylic acids is 4. The first kappa shape index (κ1) is 18.9. The van der Waals surface area contributed by atoms with E-state index in [2.05, 4.69) is 5.32 Å². The predicted molar refractivity (Wildman–Crippen MR) is 104 cm³/mol. The molecule has 1 aromatic heterocycles. The molecule has 1 atom stereocenters. The van der Waals surface area contributed by atoms with Crippen LogP contribution in [0.25, 0.3) is 0 Å². The van der Waals surface area contributed by atoms with Crippen LogP contribution in [0.3, 0.4) is 0 Å². The molecule has 2 aliphatic rings. The molecule has 1 aliphatic carbocycles. The van der Waals surface area contributed by atoms with Gasteiger partial charge in [-0.2, -0.15) is 0 Å². The van der Waals surface area contributed by atoms with Gasteiger partial charge in [0, 0.05) is 18.5 Å². The lowest BCUT2D eigenvalue weighted by molar-refractivity contribution is -0.140. The highest BCUT2D eigenvalue weighted by molar-refractivity contribution is 6.23. The first-order valence-electron chi connectivity index (χ1n) is 9.51. The Hall–Kier alpha value is -3.42. The van der Waals surface area contributed by atoms with E-state index in [-0.39, 0.29) is 36.6 Å². The van der Waals surface area contributed by atoms with E-state index in [9.17, 15) is 19.2 Å². The van der Waals surface area contributed by atoms with Gasteiger partial charge in [-0.05, 0) is 49.2 Å². The molecule has 2 fully saturated rings. The summed E-state index contributed by atoms with van der Waals surface area (Å²) in [5.74, 6) is -0.631. The fourth-order valence-electron chi connectivity index (χ4n) is 3.50. The molecule has 0 spiro atoms. The molecular weight excluding hydrogens is 374 g/mol. The molecule has 4 amide bonds. The number of amides is 4. The minimum atomic E-state index is -0.851. The summed E-state index contributed by atoms with van der Waals surface area (Å²) in [6, 6.07) is 9.07. The molecule has 1 saturated heterocycles. The van der Waals surface area contributed by atoms with Crippen LogP contribution in [0.15, 0.2) is 47.1 Å². The predicted octanol–water partition coefficient (Wildman–Crippen LogP) is 2.31. The van der Waals surface area contributed by atoms with E-state index in [4.69, 9.17) is 4.42 Å². The Morgan fingerprint density at radius 2 is 1.90 bits per heavy atom. The van der Waals surface area contributed by atoms with Crippen LogP contribution in [-0.4, -0.2) is 34.6 Å². The molecule has 0 radical (unpaired) electrons. The highest BCUT2D eigenvalue weighted by atomic mass is 16.3. The van der Waals surface area contributed by atoms with Gasteiger partial charge < -0.3 is 14.6 Å². The monoisotopic (exact) mass is 395 g/mol. The molecule has 8 heteroatoms. The molecule has 150 valence electrons. The maximum absolute atomic E-state index is 13.1. The first-order valence-corrected chi connectivity index (χ1v) is 9.51. The first-order chi connectivity index (χ1) is 13.9. The number of carbonyl (C=O) groups is 4. The topological polar surface area (TPSA) is 99.9 Å². The summed E-state index contributed by atoms with van der Waals surface area (Å²) in [4.78, 5) is 52.3. The van der Waals surface area contributed by atoms with Crippen LogP contribution in [0.1, 0.15) is 31.9 Å². The number of hydrogen-bond acceptors (Lipinski definition) is 5. The number of hydrogen-bond donors (Lipinski definition) is 1. The number of imide groups is 1. The van der Waals surface area contributed by atoms with Crippen LogP contribution in [0.5, 0.6) is 0 Å². The van der Waals surface area contributed by atoms with Gasteiger partial charge in [0.05, 0.1) is 24.9 Å². The summed E-state index contributed by atoms with van der Waals surface area (Å²) in [5, 5.41) is 2.64. The van der Waals surface area contributed by atoms with Gasteiger partial charge in [0.25, 0.3) is 5.91 Å². The normalized spacial score (nSPS) is 18.8. The Labute approximate surface area is 167 Å². The summed E-state index contributed by atoms with van der Waals surface area (Å²) < 4.78 is 5.35. The lowest BCUT2D eigenvalue weighted by Crippen LogP contribution is -2.45. The molecule has 1 aliphatic heterocycles. The SMILES string of the molecule is CC(=O)Nc1ccc(N2C(=O)CC(N(Cc3ccco3)C(=O)C3CC3)C2=O)cc1. The second-order valence-corrected chi connectivity index (χ2v) is 7.34. The smallest absolute Gasteiger partial charge is 0.257 e. The van der Waals surface area contributed by atoms with Gasteiger partial charge in [0.2, 0.25) is 17.7 Å². The highest BCUT2D eigenvalue weighted by Gasteiger charge is 2.47. The zero-order chi connectivity index (χ0) is 20.5. The average Bonchev–Trinajstić information content (AvgIpc) is 3.33. The Bertz CT molecular complexity index is 947. The molecule has 1 aromatic carbocycles. The van der Waals surface area contributed by atoms with Crippen LogP contribution in [0.2, 0.25) is 0 Å². The molecule has 2 heterocycles. The van der Waals surface area contributed by atoms with Gasteiger partial charge in [-0.1, -0.05) is 0 Å². The summed E-state index contributed by atoms with van der Waals surface area (Å²) in [6.45, 7) is 1.55. The number of benzene rings is 1. The van der Waals surface area contributed by atoms with E-state index >= 15 is 0 Å². The average molecular weight is 395 g/mol. The molecule has 4 rings (SSSR count). The van der Waals surface area contributed by atoms with Crippen LogP contribution in [-0.2, 0) is 25.7 Å². The highest BCUT2D eigenvalue weighted by Crippen LogP contribution is 2.35. The van der Waals surface area contributed by atoms with Crippen molar-refractivity contribution in [2.75, 3.05) is 10.2 Å². The fourth-order valence-corrected chi connectivity index (χ4v) is 3.50. The third-order valence-corrected chi connectivity index (χ3v) is 5.06. The lowest BCUT2D eigenvalue weighted by atomic mass is 10.1. The maximum Gasteiger partial charge on any atom is 0.257 e. The number of anilines is 2. The quantitative estimate of drug-likeness (QED) is 0.757. The van der Waals surface area contributed by atoms with E-state index in [1.54, 1.807) is 36.4 Å². The van der Waals surface area contributed by atoms with Gasteiger partial charge in [-0.25, -0.2) is 4.90 Å². The summed E-state index contributed by atoms with van der Waals surface area (Å²) in [7, 11) is 0. The van der Waals surface area contributed by atoms with Crippen molar-refractivity contribution in [1.29, 1.82) is 0 Å². The van der Waals surface area contributed by atoms with Crippen molar-refractivity contribution in [3.8, 4) is 0 Å². The Morgan fingerprint density at radius 1 is 1.17 bits per heavy atom. The zero-order valence-corrected chi connectivity index (χ0v) is 16.0. The molecule has 1 saturated carbocycles. The lowest BCUT2D eigenvalue weighted by Gasteiger charge is -2.27. The molecule has 8 nitrogen and oxygen atoms in total. The number of nitrogens with zero attached hydrogens (tertiary/aromatic N) is 2. The largest absolute Gasteiger partial charge is 0.467 e. The second kappa shape index (κ2) is 7.54. The summed E-state index contributed by atoms with van der Waals surface area (Å²) in [6.07, 6.45) is 3.05. The molecule has 2 aromatic rings. The van der Waals surface area contributed by atoms with E-state index in [0.717, 1.165) is 17.7 Å². The van der Waals surface area contributed by atoms with Crippen molar-refractivity contribution >= 4 is 35.0 Å². The van der Waals surface area contributed by atoms with Gasteiger partial charge in [0.15, 0.2) is 0 Å². The van der Waals surface area contributed by atoms with Crippen molar-refractivity contribution in [2.24, 2.45) is 5.92 Å². The Kier molecular flexibility index (Phi) is 4.92. The van der Waals surface area contributed by atoms with Gasteiger partial charge in [-0.3, -0.25) is 19.2 Å².